The van der Waals surface area contributed by atoms with Gasteiger partial charge in [-0.15, -0.1) is 0 Å². The van der Waals surface area contributed by atoms with E-state index < -0.39 is 0 Å². The van der Waals surface area contributed by atoms with Gasteiger partial charge in [0.2, 0.25) is 4.96 Å². The van der Waals surface area contributed by atoms with Crippen molar-refractivity contribution in [2.24, 2.45) is 0 Å². The minimum Gasteiger partial charge on any atom is -0.345 e. The minimum atomic E-state index is -0.109. The van der Waals surface area contributed by atoms with Gasteiger partial charge < -0.3 is 5.32 Å². The van der Waals surface area contributed by atoms with E-state index in [0.717, 1.165) is 26.8 Å². The van der Waals surface area contributed by atoms with Crippen LogP contribution in [-0.4, -0.2) is 20.5 Å². The van der Waals surface area contributed by atoms with Crippen molar-refractivity contribution < 1.29 is 4.79 Å². The molecule has 0 aliphatic carbocycles. The molecule has 0 saturated heterocycles. The van der Waals surface area contributed by atoms with Crippen LogP contribution in [0.15, 0.2) is 60.8 Å². The second kappa shape index (κ2) is 6.49. The molecule has 124 valence electrons. The second-order valence-electron chi connectivity index (χ2n) is 5.73. The fourth-order valence-electron chi connectivity index (χ4n) is 2.65. The lowest BCUT2D eigenvalue weighted by Crippen LogP contribution is -2.22. The molecule has 1 N–H and O–H groups in total. The van der Waals surface area contributed by atoms with Gasteiger partial charge in [0.15, 0.2) is 0 Å². The van der Waals surface area contributed by atoms with Crippen LogP contribution in [0.3, 0.4) is 0 Å². The number of nitrogens with one attached hydrogen (secondary N) is 1. The standard InChI is InChI=1S/C19H16N4OS/c1-13-12-23-19(21-13)25-17(22-23)11-20-18(24)16-9-5-8-15(10-16)14-6-3-2-4-7-14/h2-10,12H,11H2,1H3,(H,20,24). The zero-order valence-electron chi connectivity index (χ0n) is 13.6. The van der Waals surface area contributed by atoms with Gasteiger partial charge in [-0.1, -0.05) is 53.8 Å². The number of carbonyl (C=O) groups is 1. The third-order valence-electron chi connectivity index (χ3n) is 3.84. The molecule has 2 heterocycles. The summed E-state index contributed by atoms with van der Waals surface area (Å²) in [6.07, 6.45) is 1.88. The molecule has 0 aliphatic heterocycles. The summed E-state index contributed by atoms with van der Waals surface area (Å²) in [4.78, 5) is 17.7. The number of hydrogen-bond acceptors (Lipinski definition) is 4. The van der Waals surface area contributed by atoms with Crippen LogP contribution in [0, 0.1) is 6.92 Å². The Labute approximate surface area is 149 Å². The van der Waals surface area contributed by atoms with Crippen LogP contribution in [-0.2, 0) is 6.54 Å². The highest BCUT2D eigenvalue weighted by Gasteiger charge is 2.10. The first-order chi connectivity index (χ1) is 12.2. The van der Waals surface area contributed by atoms with Gasteiger partial charge in [0.25, 0.3) is 5.91 Å². The summed E-state index contributed by atoms with van der Waals surface area (Å²) in [5.74, 6) is -0.109. The van der Waals surface area contributed by atoms with E-state index in [1.54, 1.807) is 4.52 Å². The highest BCUT2D eigenvalue weighted by molar-refractivity contribution is 7.16. The Morgan fingerprint density at radius 3 is 2.72 bits per heavy atom. The maximum absolute atomic E-state index is 12.5. The summed E-state index contributed by atoms with van der Waals surface area (Å²) in [6.45, 7) is 2.32. The van der Waals surface area contributed by atoms with Gasteiger partial charge in [0.1, 0.15) is 5.01 Å². The molecule has 0 aliphatic rings. The predicted octanol–water partition coefficient (Wildman–Crippen LogP) is 3.70. The first kappa shape index (κ1) is 15.5. The van der Waals surface area contributed by atoms with Gasteiger partial charge in [-0.25, -0.2) is 9.50 Å². The van der Waals surface area contributed by atoms with Crippen molar-refractivity contribution in [2.75, 3.05) is 0 Å². The molecule has 0 spiro atoms. The van der Waals surface area contributed by atoms with E-state index in [-0.39, 0.29) is 5.91 Å². The average molecular weight is 348 g/mol. The number of nitrogens with zero attached hydrogens (tertiary/aromatic N) is 3. The van der Waals surface area contributed by atoms with Crippen LogP contribution >= 0.6 is 11.3 Å². The molecule has 4 aromatic rings. The molecule has 0 bridgehead atoms. The van der Waals surface area contributed by atoms with Crippen LogP contribution in [0.2, 0.25) is 0 Å². The fraction of sp³-hybridized carbons (Fsp3) is 0.105. The second-order valence-corrected chi connectivity index (χ2v) is 6.78. The number of benzene rings is 2. The molecule has 0 fully saturated rings. The van der Waals surface area contributed by atoms with E-state index in [9.17, 15) is 4.79 Å². The normalized spacial score (nSPS) is 10.9. The topological polar surface area (TPSA) is 59.3 Å². The summed E-state index contributed by atoms with van der Waals surface area (Å²) in [7, 11) is 0. The number of aryl methyl sites for hydroxylation is 1. The van der Waals surface area contributed by atoms with Crippen LogP contribution in [0.25, 0.3) is 16.1 Å². The van der Waals surface area contributed by atoms with Crippen molar-refractivity contribution in [3.05, 3.63) is 77.1 Å². The summed E-state index contributed by atoms with van der Waals surface area (Å²) >= 11 is 1.48. The highest BCUT2D eigenvalue weighted by atomic mass is 32.1. The molecule has 2 aromatic carbocycles. The Hall–Kier alpha value is -2.99. The van der Waals surface area contributed by atoms with E-state index in [2.05, 4.69) is 15.4 Å². The number of hydrogen-bond donors (Lipinski definition) is 1. The quantitative estimate of drug-likeness (QED) is 0.612. The van der Waals surface area contributed by atoms with Gasteiger partial charge in [-0.05, 0) is 30.2 Å². The molecule has 0 unspecified atom stereocenters. The average Bonchev–Trinajstić information content (AvgIpc) is 3.17. The number of amides is 1. The summed E-state index contributed by atoms with van der Waals surface area (Å²) in [6, 6.07) is 17.6. The Morgan fingerprint density at radius 2 is 1.92 bits per heavy atom. The van der Waals surface area contributed by atoms with Crippen LogP contribution < -0.4 is 5.32 Å². The number of fused-ring (bicyclic) bond motifs is 1. The van der Waals surface area contributed by atoms with Crippen LogP contribution in [0.4, 0.5) is 0 Å². The number of carbonyl (C=O) groups excluding carboxylic acids is 1. The molecule has 6 heteroatoms. The minimum absolute atomic E-state index is 0.109. The van der Waals surface area contributed by atoms with E-state index in [4.69, 9.17) is 0 Å². The Kier molecular flexibility index (Phi) is 4.03. The first-order valence-corrected chi connectivity index (χ1v) is 8.76. The maximum atomic E-state index is 12.5. The molecule has 4 rings (SSSR count). The Balaban J connectivity index is 1.48. The van der Waals surface area contributed by atoms with E-state index in [1.165, 1.54) is 11.3 Å². The van der Waals surface area contributed by atoms with Gasteiger partial charge in [-0.3, -0.25) is 4.79 Å². The van der Waals surface area contributed by atoms with E-state index in [1.807, 2.05) is 67.7 Å². The molecule has 1 amide bonds. The molecule has 0 saturated carbocycles. The lowest BCUT2D eigenvalue weighted by atomic mass is 10.0. The third-order valence-corrected chi connectivity index (χ3v) is 4.76. The molecule has 2 aromatic heterocycles. The van der Waals surface area contributed by atoms with Gasteiger partial charge in [0.05, 0.1) is 18.4 Å². The molecule has 25 heavy (non-hydrogen) atoms. The van der Waals surface area contributed by atoms with Crippen molar-refractivity contribution in [1.82, 2.24) is 19.9 Å². The van der Waals surface area contributed by atoms with E-state index in [0.29, 0.717) is 12.1 Å². The number of aromatic nitrogens is 3. The van der Waals surface area contributed by atoms with Crippen LogP contribution in [0.5, 0.6) is 0 Å². The lowest BCUT2D eigenvalue weighted by molar-refractivity contribution is 0.0951. The SMILES string of the molecule is Cc1cn2nc(CNC(=O)c3cccc(-c4ccccc4)c3)sc2n1. The number of rotatable bonds is 4. The van der Waals surface area contributed by atoms with Crippen molar-refractivity contribution in [2.45, 2.75) is 13.5 Å². The zero-order valence-corrected chi connectivity index (χ0v) is 14.5. The molecule has 0 radical (unpaired) electrons. The molecular formula is C19H16N4OS. The lowest BCUT2D eigenvalue weighted by Gasteiger charge is -2.06. The largest absolute Gasteiger partial charge is 0.345 e. The molecule has 0 atom stereocenters. The first-order valence-electron chi connectivity index (χ1n) is 7.94. The van der Waals surface area contributed by atoms with Gasteiger partial charge >= 0.3 is 0 Å². The summed E-state index contributed by atoms with van der Waals surface area (Å²) in [5.41, 5.74) is 3.69. The predicted molar refractivity (Wildman–Crippen MR) is 98.6 cm³/mol. The zero-order chi connectivity index (χ0) is 17.2. The van der Waals surface area contributed by atoms with Crippen LogP contribution in [0.1, 0.15) is 21.1 Å². The molecular weight excluding hydrogens is 332 g/mol. The number of imidazole rings is 1. The maximum Gasteiger partial charge on any atom is 0.251 e. The van der Waals surface area contributed by atoms with Gasteiger partial charge in [0, 0.05) is 5.56 Å². The monoisotopic (exact) mass is 348 g/mol. The smallest absolute Gasteiger partial charge is 0.251 e. The third kappa shape index (κ3) is 3.29. The van der Waals surface area contributed by atoms with Crippen molar-refractivity contribution in [1.29, 1.82) is 0 Å². The summed E-state index contributed by atoms with van der Waals surface area (Å²) in [5, 5.41) is 8.18. The Morgan fingerprint density at radius 1 is 1.12 bits per heavy atom. The van der Waals surface area contributed by atoms with Crippen molar-refractivity contribution in [3.8, 4) is 11.1 Å². The van der Waals surface area contributed by atoms with Gasteiger partial charge in [-0.2, -0.15) is 5.10 Å². The Bertz CT molecular complexity index is 1000. The molecule has 5 nitrogen and oxygen atoms in total. The summed E-state index contributed by atoms with van der Waals surface area (Å²) < 4.78 is 1.75. The van der Waals surface area contributed by atoms with Crippen molar-refractivity contribution >= 4 is 22.2 Å². The fourth-order valence-corrected chi connectivity index (χ4v) is 3.51. The van der Waals surface area contributed by atoms with E-state index >= 15 is 0 Å². The highest BCUT2D eigenvalue weighted by Crippen LogP contribution is 2.20. The van der Waals surface area contributed by atoms with Crippen molar-refractivity contribution in [3.63, 3.8) is 0 Å².